The Hall–Kier alpha value is -3.60. The van der Waals surface area contributed by atoms with Crippen LogP contribution in [0.2, 0.25) is 0 Å². The van der Waals surface area contributed by atoms with Gasteiger partial charge in [0.25, 0.3) is 5.91 Å². The van der Waals surface area contributed by atoms with Gasteiger partial charge >= 0.3 is 0 Å². The Balaban J connectivity index is 1.45. The third-order valence-electron chi connectivity index (χ3n) is 4.55. The number of benzene rings is 3. The molecule has 2 amide bonds. The second kappa shape index (κ2) is 11.4. The van der Waals surface area contributed by atoms with Gasteiger partial charge in [0.05, 0.1) is 17.9 Å². The van der Waals surface area contributed by atoms with Crippen LogP contribution in [0.1, 0.15) is 28.8 Å². The highest BCUT2D eigenvalue weighted by Crippen LogP contribution is 2.16. The molecule has 2 N–H and O–H groups in total. The van der Waals surface area contributed by atoms with E-state index in [1.807, 2.05) is 60.7 Å². The van der Waals surface area contributed by atoms with Crippen LogP contribution in [0.3, 0.4) is 0 Å². The van der Waals surface area contributed by atoms with Crippen LogP contribution in [-0.4, -0.2) is 25.0 Å². The second-order valence-corrected chi connectivity index (χ2v) is 6.85. The Morgan fingerprint density at radius 1 is 0.800 bits per heavy atom. The van der Waals surface area contributed by atoms with E-state index in [1.165, 1.54) is 0 Å². The van der Waals surface area contributed by atoms with E-state index < -0.39 is 0 Å². The van der Waals surface area contributed by atoms with Gasteiger partial charge in [0, 0.05) is 13.0 Å². The summed E-state index contributed by atoms with van der Waals surface area (Å²) in [5.74, 6) is 0.445. The van der Waals surface area contributed by atoms with E-state index in [0.29, 0.717) is 37.2 Å². The number of amides is 2. The largest absolute Gasteiger partial charge is 0.494 e. The molecule has 0 radical (unpaired) electrons. The first-order valence-electron chi connectivity index (χ1n) is 10.1. The van der Waals surface area contributed by atoms with E-state index in [2.05, 4.69) is 10.6 Å². The number of hydrogen-bond donors (Lipinski definition) is 2. The smallest absolute Gasteiger partial charge is 0.253 e. The summed E-state index contributed by atoms with van der Waals surface area (Å²) in [6, 6.07) is 26.5. The molecule has 0 heterocycles. The van der Waals surface area contributed by atoms with E-state index in [1.54, 1.807) is 24.3 Å². The van der Waals surface area contributed by atoms with E-state index in [0.717, 1.165) is 17.7 Å². The summed E-state index contributed by atoms with van der Waals surface area (Å²) in [5, 5.41) is 5.76. The van der Waals surface area contributed by atoms with E-state index in [9.17, 15) is 9.59 Å². The quantitative estimate of drug-likeness (QED) is 0.492. The summed E-state index contributed by atoms with van der Waals surface area (Å²) in [7, 11) is 0. The third-order valence-corrected chi connectivity index (χ3v) is 4.55. The molecule has 0 unspecified atom stereocenters. The molecule has 0 aromatic heterocycles. The molecule has 0 spiro atoms. The molecule has 3 aromatic rings. The summed E-state index contributed by atoms with van der Waals surface area (Å²) in [6.07, 6.45) is 1.66. The fourth-order valence-electron chi connectivity index (χ4n) is 3.00. The third kappa shape index (κ3) is 6.78. The van der Waals surface area contributed by atoms with Crippen molar-refractivity contribution in [1.82, 2.24) is 5.32 Å². The van der Waals surface area contributed by atoms with E-state index in [-0.39, 0.29) is 11.8 Å². The van der Waals surface area contributed by atoms with Gasteiger partial charge in [-0.3, -0.25) is 9.59 Å². The number of anilines is 1. The van der Waals surface area contributed by atoms with Crippen molar-refractivity contribution in [3.8, 4) is 5.75 Å². The number of carbonyl (C=O) groups is 2. The Morgan fingerprint density at radius 3 is 2.23 bits per heavy atom. The molecule has 5 heteroatoms. The Kier molecular flexibility index (Phi) is 8.03. The summed E-state index contributed by atoms with van der Waals surface area (Å²) >= 11 is 0. The minimum absolute atomic E-state index is 0.142. The predicted molar refractivity (Wildman–Crippen MR) is 119 cm³/mol. The minimum atomic E-state index is -0.200. The number of carbonyl (C=O) groups excluding carboxylic acids is 2. The van der Waals surface area contributed by atoms with Gasteiger partial charge < -0.3 is 15.4 Å². The van der Waals surface area contributed by atoms with Gasteiger partial charge in [0.1, 0.15) is 5.75 Å². The molecule has 0 saturated heterocycles. The maximum Gasteiger partial charge on any atom is 0.253 e. The maximum atomic E-state index is 12.6. The highest BCUT2D eigenvalue weighted by atomic mass is 16.5. The topological polar surface area (TPSA) is 67.4 Å². The van der Waals surface area contributed by atoms with Gasteiger partial charge in [-0.1, -0.05) is 60.7 Å². The summed E-state index contributed by atoms with van der Waals surface area (Å²) in [4.78, 5) is 24.9. The lowest BCUT2D eigenvalue weighted by molar-refractivity contribution is -0.116. The fraction of sp³-hybridized carbons (Fsp3) is 0.200. The van der Waals surface area contributed by atoms with Crippen LogP contribution in [0.25, 0.3) is 0 Å². The van der Waals surface area contributed by atoms with Crippen molar-refractivity contribution in [2.45, 2.75) is 19.3 Å². The van der Waals surface area contributed by atoms with Crippen molar-refractivity contribution in [3.63, 3.8) is 0 Å². The van der Waals surface area contributed by atoms with E-state index in [4.69, 9.17) is 4.74 Å². The monoisotopic (exact) mass is 402 g/mol. The van der Waals surface area contributed by atoms with Gasteiger partial charge in [0.15, 0.2) is 0 Å². The van der Waals surface area contributed by atoms with Crippen LogP contribution >= 0.6 is 0 Å². The first-order chi connectivity index (χ1) is 14.7. The summed E-state index contributed by atoms with van der Waals surface area (Å²) in [6.45, 7) is 0.987. The minimum Gasteiger partial charge on any atom is -0.494 e. The van der Waals surface area contributed by atoms with Crippen LogP contribution in [0.5, 0.6) is 5.75 Å². The number of nitrogens with one attached hydrogen (secondary N) is 2. The molecule has 0 atom stereocenters. The molecule has 3 aromatic carbocycles. The number of hydrogen-bond acceptors (Lipinski definition) is 3. The lowest BCUT2D eigenvalue weighted by atomic mass is 10.1. The van der Waals surface area contributed by atoms with Gasteiger partial charge in [-0.25, -0.2) is 0 Å². The number of rotatable bonds is 10. The van der Waals surface area contributed by atoms with Gasteiger partial charge in [-0.2, -0.15) is 0 Å². The molecule has 0 fully saturated rings. The van der Waals surface area contributed by atoms with Crippen molar-refractivity contribution in [2.75, 3.05) is 18.5 Å². The van der Waals surface area contributed by atoms with Gasteiger partial charge in [-0.05, 0) is 42.7 Å². The SMILES string of the molecule is O=C(CCCOc1ccccc1)Nc1ccccc1C(=O)NCCc1ccccc1. The molecule has 3 rings (SSSR count). The molecule has 0 saturated carbocycles. The van der Waals surface area contributed by atoms with Crippen LogP contribution in [0.15, 0.2) is 84.9 Å². The van der Waals surface area contributed by atoms with Gasteiger partial charge in [-0.15, -0.1) is 0 Å². The van der Waals surface area contributed by atoms with Gasteiger partial charge in [0.2, 0.25) is 5.91 Å². The van der Waals surface area contributed by atoms with Crippen molar-refractivity contribution in [3.05, 3.63) is 96.1 Å². The Labute approximate surface area is 177 Å². The van der Waals surface area contributed by atoms with Crippen molar-refractivity contribution >= 4 is 17.5 Å². The maximum absolute atomic E-state index is 12.6. The fourth-order valence-corrected chi connectivity index (χ4v) is 3.00. The first kappa shape index (κ1) is 21.1. The van der Waals surface area contributed by atoms with Crippen LogP contribution < -0.4 is 15.4 Å². The zero-order chi connectivity index (χ0) is 21.0. The zero-order valence-corrected chi connectivity index (χ0v) is 16.8. The molecule has 5 nitrogen and oxygen atoms in total. The average Bonchev–Trinajstić information content (AvgIpc) is 2.78. The van der Waals surface area contributed by atoms with E-state index >= 15 is 0 Å². The highest BCUT2D eigenvalue weighted by Gasteiger charge is 2.12. The Bertz CT molecular complexity index is 943. The molecule has 30 heavy (non-hydrogen) atoms. The molecular formula is C25H26N2O3. The standard InChI is InChI=1S/C25H26N2O3/c28-24(16-9-19-30-21-12-5-2-6-13-21)27-23-15-8-7-14-22(23)25(29)26-18-17-20-10-3-1-4-11-20/h1-8,10-15H,9,16-19H2,(H,26,29)(H,27,28). The number of para-hydroxylation sites is 2. The zero-order valence-electron chi connectivity index (χ0n) is 16.8. The molecular weight excluding hydrogens is 376 g/mol. The van der Waals surface area contributed by atoms with Crippen molar-refractivity contribution in [2.24, 2.45) is 0 Å². The van der Waals surface area contributed by atoms with Crippen LogP contribution in [0.4, 0.5) is 5.69 Å². The highest BCUT2D eigenvalue weighted by molar-refractivity contribution is 6.03. The van der Waals surface area contributed by atoms with Crippen molar-refractivity contribution < 1.29 is 14.3 Å². The predicted octanol–water partition coefficient (Wildman–Crippen LogP) is 4.46. The lowest BCUT2D eigenvalue weighted by Gasteiger charge is -2.12. The first-order valence-corrected chi connectivity index (χ1v) is 10.1. The summed E-state index contributed by atoms with van der Waals surface area (Å²) in [5.41, 5.74) is 2.14. The average molecular weight is 402 g/mol. The second-order valence-electron chi connectivity index (χ2n) is 6.85. The van der Waals surface area contributed by atoms with Crippen molar-refractivity contribution in [1.29, 1.82) is 0 Å². The Morgan fingerprint density at radius 2 is 1.47 bits per heavy atom. The molecule has 0 aliphatic rings. The lowest BCUT2D eigenvalue weighted by Crippen LogP contribution is -2.27. The molecule has 0 aliphatic carbocycles. The number of ether oxygens (including phenoxy) is 1. The molecule has 154 valence electrons. The molecule has 0 aliphatic heterocycles. The molecule has 0 bridgehead atoms. The normalized spacial score (nSPS) is 10.3. The summed E-state index contributed by atoms with van der Waals surface area (Å²) < 4.78 is 5.61. The van der Waals surface area contributed by atoms with Crippen LogP contribution in [-0.2, 0) is 11.2 Å². The van der Waals surface area contributed by atoms with Crippen LogP contribution in [0, 0.1) is 0 Å².